The van der Waals surface area contributed by atoms with Crippen LogP contribution >= 0.6 is 0 Å². The molecule has 6 saturated heterocycles. The molecular formula is C37H58N4O12. The Labute approximate surface area is 312 Å². The summed E-state index contributed by atoms with van der Waals surface area (Å²) in [5.74, 6) is -2.98. The largest absolute Gasteiger partial charge is 0.511 e. The summed E-state index contributed by atoms with van der Waals surface area (Å²) in [4.78, 5) is 69.9. The number of rotatable bonds is 10. The molecule has 0 aromatic rings. The Morgan fingerprint density at radius 3 is 1.53 bits per heavy atom. The van der Waals surface area contributed by atoms with Crippen LogP contribution in [0.25, 0.3) is 0 Å². The summed E-state index contributed by atoms with van der Waals surface area (Å²) in [6.45, 7) is 17.2. The number of hydrogen-bond donors (Lipinski definition) is 0. The highest BCUT2D eigenvalue weighted by atomic mass is 16.8. The Morgan fingerprint density at radius 2 is 1.04 bits per heavy atom. The van der Waals surface area contributed by atoms with Crippen molar-refractivity contribution >= 4 is 30.0 Å². The van der Waals surface area contributed by atoms with E-state index >= 15 is 0 Å². The third-order valence-corrected chi connectivity index (χ3v) is 11.1. The summed E-state index contributed by atoms with van der Waals surface area (Å²) in [5, 5.41) is 0. The van der Waals surface area contributed by atoms with Gasteiger partial charge in [-0.2, -0.15) is 0 Å². The lowest BCUT2D eigenvalue weighted by Crippen LogP contribution is -2.52. The Morgan fingerprint density at radius 1 is 0.604 bits per heavy atom. The SMILES string of the molecule is C=C(C1C2CCC(O2)C1C(=O)OCOC(=O)OCC)N1CCN(C)CC1.CN1CCN(C(=O)C2C3CCC(O3)C2C(=O)OCOC(=O)C(C)(C)C)CC1. The number of fused-ring (bicyclic) bond motifs is 4. The number of likely N-dealkylation sites (N-methyl/N-ethyl adjacent to an activating group) is 2. The lowest BCUT2D eigenvalue weighted by atomic mass is 9.77. The minimum atomic E-state index is -0.845. The first-order valence-corrected chi connectivity index (χ1v) is 18.9. The zero-order valence-corrected chi connectivity index (χ0v) is 32.1. The molecule has 0 aromatic carbocycles. The van der Waals surface area contributed by atoms with Crippen molar-refractivity contribution < 1.29 is 57.1 Å². The first-order chi connectivity index (χ1) is 25.2. The third-order valence-electron chi connectivity index (χ3n) is 11.1. The molecule has 0 saturated carbocycles. The van der Waals surface area contributed by atoms with Crippen molar-refractivity contribution in [2.24, 2.45) is 29.1 Å². The van der Waals surface area contributed by atoms with Crippen molar-refractivity contribution in [3.05, 3.63) is 12.3 Å². The van der Waals surface area contributed by atoms with Gasteiger partial charge in [0.25, 0.3) is 0 Å². The predicted octanol–water partition coefficient (Wildman–Crippen LogP) is 1.86. The van der Waals surface area contributed by atoms with Gasteiger partial charge in [0.15, 0.2) is 0 Å². The maximum absolute atomic E-state index is 13.1. The summed E-state index contributed by atoms with van der Waals surface area (Å²) in [6.07, 6.45) is 1.82. The zero-order chi connectivity index (χ0) is 38.4. The van der Waals surface area contributed by atoms with Crippen LogP contribution < -0.4 is 0 Å². The van der Waals surface area contributed by atoms with Gasteiger partial charge in [-0.3, -0.25) is 19.2 Å². The van der Waals surface area contributed by atoms with Crippen LogP contribution in [0.1, 0.15) is 53.4 Å². The van der Waals surface area contributed by atoms with Crippen molar-refractivity contribution in [2.75, 3.05) is 86.6 Å². The lowest BCUT2D eigenvalue weighted by molar-refractivity contribution is -0.178. The molecule has 8 unspecified atom stereocenters. The van der Waals surface area contributed by atoms with Gasteiger partial charge < -0.3 is 52.8 Å². The number of piperazine rings is 2. The second kappa shape index (κ2) is 17.8. The van der Waals surface area contributed by atoms with Gasteiger partial charge in [0.05, 0.1) is 54.2 Å². The van der Waals surface area contributed by atoms with E-state index in [4.69, 9.17) is 28.4 Å². The average molecular weight is 751 g/mol. The van der Waals surface area contributed by atoms with Crippen LogP contribution in [0.15, 0.2) is 12.3 Å². The first-order valence-electron chi connectivity index (χ1n) is 18.9. The van der Waals surface area contributed by atoms with Gasteiger partial charge in [0.1, 0.15) is 0 Å². The molecule has 0 N–H and O–H groups in total. The number of amides is 1. The molecule has 6 rings (SSSR count). The molecule has 6 aliphatic rings. The van der Waals surface area contributed by atoms with Gasteiger partial charge in [-0.15, -0.1) is 0 Å². The van der Waals surface area contributed by atoms with E-state index in [2.05, 4.69) is 33.1 Å². The highest BCUT2D eigenvalue weighted by Gasteiger charge is 2.57. The minimum Gasteiger partial charge on any atom is -0.435 e. The molecule has 0 aromatic heterocycles. The molecule has 6 fully saturated rings. The van der Waals surface area contributed by atoms with Crippen LogP contribution in [-0.4, -0.2) is 161 Å². The summed E-state index contributed by atoms with van der Waals surface area (Å²) in [6, 6.07) is 0. The molecule has 8 atom stereocenters. The molecule has 6 heterocycles. The molecule has 53 heavy (non-hydrogen) atoms. The van der Waals surface area contributed by atoms with Crippen LogP contribution in [0.3, 0.4) is 0 Å². The fourth-order valence-corrected chi connectivity index (χ4v) is 8.08. The number of nitrogens with zero attached hydrogens (tertiary/aromatic N) is 4. The minimum absolute atomic E-state index is 0.00989. The third kappa shape index (κ3) is 9.80. The van der Waals surface area contributed by atoms with E-state index in [1.807, 2.05) is 11.9 Å². The van der Waals surface area contributed by atoms with Gasteiger partial charge in [-0.1, -0.05) is 6.58 Å². The van der Waals surface area contributed by atoms with Gasteiger partial charge in [-0.05, 0) is 67.5 Å². The summed E-state index contributed by atoms with van der Waals surface area (Å²) < 4.78 is 36.6. The van der Waals surface area contributed by atoms with E-state index in [1.54, 1.807) is 27.7 Å². The Balaban J connectivity index is 0.000000204. The molecule has 16 heteroatoms. The van der Waals surface area contributed by atoms with Gasteiger partial charge >= 0.3 is 24.1 Å². The van der Waals surface area contributed by atoms with Crippen molar-refractivity contribution in [3.63, 3.8) is 0 Å². The predicted molar refractivity (Wildman–Crippen MR) is 188 cm³/mol. The van der Waals surface area contributed by atoms with E-state index in [1.165, 1.54) is 0 Å². The lowest BCUT2D eigenvalue weighted by Gasteiger charge is -2.39. The smallest absolute Gasteiger partial charge is 0.435 e. The summed E-state index contributed by atoms with van der Waals surface area (Å²) in [5.41, 5.74) is 0.292. The fraction of sp³-hybridized carbons (Fsp3) is 0.811. The van der Waals surface area contributed by atoms with E-state index in [0.29, 0.717) is 13.1 Å². The van der Waals surface area contributed by atoms with E-state index in [0.717, 1.165) is 70.6 Å². The fourth-order valence-electron chi connectivity index (χ4n) is 8.08. The molecule has 0 aliphatic carbocycles. The van der Waals surface area contributed by atoms with Gasteiger partial charge in [0, 0.05) is 64.0 Å². The maximum atomic E-state index is 13.1. The first kappa shape index (κ1) is 40.7. The highest BCUT2D eigenvalue weighted by molar-refractivity contribution is 5.87. The molecule has 6 aliphatic heterocycles. The number of hydrogen-bond acceptors (Lipinski definition) is 15. The zero-order valence-electron chi connectivity index (χ0n) is 32.1. The van der Waals surface area contributed by atoms with Crippen LogP contribution in [0.2, 0.25) is 0 Å². The van der Waals surface area contributed by atoms with Crippen molar-refractivity contribution in [1.29, 1.82) is 0 Å². The normalized spacial score (nSPS) is 31.0. The van der Waals surface area contributed by atoms with Gasteiger partial charge in [0.2, 0.25) is 19.5 Å². The molecule has 16 nitrogen and oxygen atoms in total. The average Bonchev–Trinajstić information content (AvgIpc) is 3.94. The molecule has 1 amide bonds. The molecule has 4 bridgehead atoms. The van der Waals surface area contributed by atoms with Crippen LogP contribution in [0, 0.1) is 29.1 Å². The standard InChI is InChI=1S/C19H30N2O6.C18H28N2O6/c1-19(2,3)18(24)26-11-25-17(23)15-13-6-5-12(27-13)14(15)16(22)21-9-7-20(4)8-10-21;1-4-23-18(22)25-11-24-17(21)16-14-6-5-13(26-14)15(16)12(2)20-9-7-19(3)8-10-20/h12-15H,5-11H2,1-4H3;13-16H,2,4-11H2,1,3H3. The summed E-state index contributed by atoms with van der Waals surface area (Å²) in [7, 11) is 4.13. The van der Waals surface area contributed by atoms with Crippen molar-refractivity contribution in [2.45, 2.75) is 77.8 Å². The van der Waals surface area contributed by atoms with Crippen LogP contribution in [-0.2, 0) is 52.3 Å². The molecule has 0 spiro atoms. The Bertz CT molecular complexity index is 1340. The number of ether oxygens (including phenoxy) is 7. The van der Waals surface area contributed by atoms with E-state index in [-0.39, 0.29) is 42.8 Å². The highest BCUT2D eigenvalue weighted by Crippen LogP contribution is 2.48. The van der Waals surface area contributed by atoms with Gasteiger partial charge in [-0.25, -0.2) is 4.79 Å². The number of carbonyl (C=O) groups excluding carboxylic acids is 5. The Hall–Kier alpha value is -3.47. The second-order valence-electron chi connectivity index (χ2n) is 15.8. The van der Waals surface area contributed by atoms with E-state index in [9.17, 15) is 24.0 Å². The van der Waals surface area contributed by atoms with Crippen LogP contribution in [0.4, 0.5) is 4.79 Å². The monoisotopic (exact) mass is 750 g/mol. The molecular weight excluding hydrogens is 692 g/mol. The molecule has 298 valence electrons. The topological polar surface area (TPSA) is 163 Å². The van der Waals surface area contributed by atoms with Crippen molar-refractivity contribution in [3.8, 4) is 0 Å². The number of esters is 3. The van der Waals surface area contributed by atoms with Crippen molar-refractivity contribution in [1.82, 2.24) is 19.6 Å². The van der Waals surface area contributed by atoms with E-state index < -0.39 is 60.8 Å². The Kier molecular flexibility index (Phi) is 13.7. The molecule has 0 radical (unpaired) electrons. The quantitative estimate of drug-likeness (QED) is 0.181. The van der Waals surface area contributed by atoms with Crippen LogP contribution in [0.5, 0.6) is 0 Å². The maximum Gasteiger partial charge on any atom is 0.511 e. The summed E-state index contributed by atoms with van der Waals surface area (Å²) >= 11 is 0. The second-order valence-corrected chi connectivity index (χ2v) is 15.8. The number of carbonyl (C=O) groups is 5.